The molecule has 0 unspecified atom stereocenters. The predicted molar refractivity (Wildman–Crippen MR) is 62.0 cm³/mol. The fraction of sp³-hybridized carbons (Fsp3) is 0.455. The van der Waals surface area contributed by atoms with Gasteiger partial charge in [0.15, 0.2) is 0 Å². The minimum Gasteiger partial charge on any atom is -1.00 e. The molecule has 6 heteroatoms. The van der Waals surface area contributed by atoms with Gasteiger partial charge < -0.3 is 16.3 Å². The molecule has 0 radical (unpaired) electrons. The van der Waals surface area contributed by atoms with Crippen LogP contribution in [0, 0.1) is 0 Å². The number of hydrogen-bond acceptors (Lipinski definition) is 4. The van der Waals surface area contributed by atoms with E-state index in [0.717, 1.165) is 31.9 Å². The maximum Gasteiger partial charge on any atom is 1.00 e. The molecule has 1 aromatic rings. The third kappa shape index (κ3) is 3.47. The molecule has 1 aromatic heterocycles. The van der Waals surface area contributed by atoms with Crippen LogP contribution in [-0.2, 0) is 0 Å². The van der Waals surface area contributed by atoms with Crippen LogP contribution in [0.15, 0.2) is 18.3 Å². The molecular weight excluding hydrogens is 213 g/mol. The van der Waals surface area contributed by atoms with Crippen LogP contribution in [0.3, 0.4) is 0 Å². The number of nitrogens with zero attached hydrogens (tertiary/aromatic N) is 3. The molecule has 0 spiro atoms. The Morgan fingerprint density at radius 3 is 2.47 bits per heavy atom. The molecule has 1 N–H and O–H groups in total. The summed E-state index contributed by atoms with van der Waals surface area (Å²) in [6.45, 7) is 3.98. The Kier molecular flexibility index (Phi) is 5.00. The molecule has 0 bridgehead atoms. The molecule has 1 aliphatic rings. The first-order chi connectivity index (χ1) is 7.66. The normalized spacial score (nSPS) is 16.4. The molecule has 17 heavy (non-hydrogen) atoms. The fourth-order valence-electron chi connectivity index (χ4n) is 1.76. The van der Waals surface area contributed by atoms with Gasteiger partial charge in [0, 0.05) is 26.2 Å². The zero-order valence-corrected chi connectivity index (χ0v) is 10.3. The summed E-state index contributed by atoms with van der Waals surface area (Å²) in [5, 5.41) is 8.74. The second kappa shape index (κ2) is 6.06. The van der Waals surface area contributed by atoms with Gasteiger partial charge in [-0.15, -0.1) is 0 Å². The number of hydrogen-bond donors (Lipinski definition) is 1. The number of rotatable bonds is 2. The molecule has 0 saturated carbocycles. The van der Waals surface area contributed by atoms with Crippen LogP contribution in [0.2, 0.25) is 0 Å². The topological polar surface area (TPSA) is 56.7 Å². The van der Waals surface area contributed by atoms with E-state index < -0.39 is 5.97 Å². The van der Waals surface area contributed by atoms with Gasteiger partial charge >= 0.3 is 24.8 Å². The van der Waals surface area contributed by atoms with Gasteiger partial charge in [0.25, 0.3) is 0 Å². The van der Waals surface area contributed by atoms with Crippen molar-refractivity contribution in [2.24, 2.45) is 0 Å². The third-order valence-electron chi connectivity index (χ3n) is 2.84. The molecule has 2 heterocycles. The first kappa shape index (κ1) is 14.0. The summed E-state index contributed by atoms with van der Waals surface area (Å²) in [6.07, 6.45) is 1.63. The Bertz CT molecular complexity index is 380. The molecule has 88 valence electrons. The van der Waals surface area contributed by atoms with E-state index in [4.69, 9.17) is 5.11 Å². The van der Waals surface area contributed by atoms with Gasteiger partial charge in [0.1, 0.15) is 5.69 Å². The zero-order chi connectivity index (χ0) is 11.5. The maximum absolute atomic E-state index is 10.6. The smallest absolute Gasteiger partial charge is 1.00 e. The van der Waals surface area contributed by atoms with Crippen molar-refractivity contribution in [2.75, 3.05) is 38.1 Å². The van der Waals surface area contributed by atoms with Gasteiger partial charge in [-0.2, -0.15) is 0 Å². The van der Waals surface area contributed by atoms with Crippen LogP contribution in [0.1, 0.15) is 11.9 Å². The fourth-order valence-corrected chi connectivity index (χ4v) is 1.76. The number of carboxylic acids is 1. The average Bonchev–Trinajstić information content (AvgIpc) is 2.30. The van der Waals surface area contributed by atoms with E-state index in [1.165, 1.54) is 0 Å². The SMILES string of the molecule is CN1CCN(c2ccc(C(=O)O)nc2)CC1.[H-].[Li+]. The quantitative estimate of drug-likeness (QED) is 0.575. The minimum absolute atomic E-state index is 0. The largest absolute Gasteiger partial charge is 1.00 e. The molecule has 0 aromatic carbocycles. The van der Waals surface area contributed by atoms with E-state index >= 15 is 0 Å². The molecule has 1 saturated heterocycles. The molecule has 2 rings (SSSR count). The van der Waals surface area contributed by atoms with Gasteiger partial charge in [-0.25, -0.2) is 9.78 Å². The van der Waals surface area contributed by atoms with Crippen LogP contribution in [0.4, 0.5) is 5.69 Å². The van der Waals surface area contributed by atoms with Gasteiger partial charge in [-0.05, 0) is 19.2 Å². The summed E-state index contributed by atoms with van der Waals surface area (Å²) >= 11 is 0. The van der Waals surface area contributed by atoms with Crippen molar-refractivity contribution >= 4 is 11.7 Å². The Labute approximate surface area is 114 Å². The Morgan fingerprint density at radius 1 is 1.35 bits per heavy atom. The van der Waals surface area contributed by atoms with Crippen LogP contribution in [-0.4, -0.2) is 54.2 Å². The predicted octanol–water partition coefficient (Wildman–Crippen LogP) is -2.35. The molecule has 5 nitrogen and oxygen atoms in total. The summed E-state index contributed by atoms with van der Waals surface area (Å²) in [4.78, 5) is 19.1. The second-order valence-electron chi connectivity index (χ2n) is 4.00. The van der Waals surface area contributed by atoms with E-state index in [9.17, 15) is 4.79 Å². The minimum atomic E-state index is -0.982. The Balaban J connectivity index is 0.00000144. The van der Waals surface area contributed by atoms with Gasteiger partial charge in [0.05, 0.1) is 11.9 Å². The van der Waals surface area contributed by atoms with Gasteiger partial charge in [0.2, 0.25) is 0 Å². The maximum atomic E-state index is 10.6. The first-order valence-corrected chi connectivity index (χ1v) is 5.29. The van der Waals surface area contributed by atoms with Crippen molar-refractivity contribution < 1.29 is 30.2 Å². The number of piperazine rings is 1. The van der Waals surface area contributed by atoms with Crippen LogP contribution in [0.25, 0.3) is 0 Å². The van der Waals surface area contributed by atoms with Crippen molar-refractivity contribution in [1.29, 1.82) is 0 Å². The van der Waals surface area contributed by atoms with E-state index in [2.05, 4.69) is 21.8 Å². The van der Waals surface area contributed by atoms with Crippen LogP contribution >= 0.6 is 0 Å². The number of carboxylic acid groups (broad SMARTS) is 1. The van der Waals surface area contributed by atoms with Gasteiger partial charge in [-0.3, -0.25) is 0 Å². The molecule has 1 aliphatic heterocycles. The first-order valence-electron chi connectivity index (χ1n) is 5.29. The molecule has 0 aliphatic carbocycles. The summed E-state index contributed by atoms with van der Waals surface area (Å²) in [6, 6.07) is 3.37. The molecule has 1 fully saturated rings. The standard InChI is InChI=1S/C11H15N3O2.Li.H/c1-13-4-6-14(7-5-13)9-2-3-10(11(15)16)12-8-9;;/h2-3,8H,4-7H2,1H3,(H,15,16);;/q;+1;-1. The zero-order valence-electron chi connectivity index (χ0n) is 11.3. The number of likely N-dealkylation sites (N-methyl/N-ethyl adjacent to an activating group) is 1. The summed E-state index contributed by atoms with van der Waals surface area (Å²) in [5.41, 5.74) is 1.09. The molecular formula is C11H16LiN3O2. The summed E-state index contributed by atoms with van der Waals surface area (Å²) in [7, 11) is 2.10. The second-order valence-corrected chi connectivity index (χ2v) is 4.00. The Hall–Kier alpha value is -1.02. The third-order valence-corrected chi connectivity index (χ3v) is 2.84. The van der Waals surface area contributed by atoms with Crippen LogP contribution < -0.4 is 23.8 Å². The van der Waals surface area contributed by atoms with Crippen LogP contribution in [0.5, 0.6) is 0 Å². The van der Waals surface area contributed by atoms with Crippen molar-refractivity contribution in [3.05, 3.63) is 24.0 Å². The van der Waals surface area contributed by atoms with E-state index in [-0.39, 0.29) is 26.0 Å². The van der Waals surface area contributed by atoms with Gasteiger partial charge in [-0.1, -0.05) is 0 Å². The Morgan fingerprint density at radius 2 is 2.00 bits per heavy atom. The number of anilines is 1. The molecule has 0 atom stereocenters. The van der Waals surface area contributed by atoms with E-state index in [1.807, 2.05) is 6.07 Å². The summed E-state index contributed by atoms with van der Waals surface area (Å²) in [5.74, 6) is -0.982. The number of aromatic carboxylic acids is 1. The molecule has 0 amide bonds. The van der Waals surface area contributed by atoms with Crippen molar-refractivity contribution in [3.63, 3.8) is 0 Å². The summed E-state index contributed by atoms with van der Waals surface area (Å²) < 4.78 is 0. The monoisotopic (exact) mass is 229 g/mol. The van der Waals surface area contributed by atoms with E-state index in [0.29, 0.717) is 0 Å². The number of pyridine rings is 1. The average molecular weight is 229 g/mol. The van der Waals surface area contributed by atoms with Crippen molar-refractivity contribution in [2.45, 2.75) is 0 Å². The van der Waals surface area contributed by atoms with E-state index in [1.54, 1.807) is 12.3 Å². The number of carbonyl (C=O) groups is 1. The number of aromatic nitrogens is 1. The van der Waals surface area contributed by atoms with Crippen molar-refractivity contribution in [3.8, 4) is 0 Å². The van der Waals surface area contributed by atoms with Crippen molar-refractivity contribution in [1.82, 2.24) is 9.88 Å².